The molecule has 1 atom stereocenters. The summed E-state index contributed by atoms with van der Waals surface area (Å²) in [5.41, 5.74) is 8.21. The fraction of sp³-hybridized carbons (Fsp3) is 0.750. The first-order valence-electron chi connectivity index (χ1n) is 6.19. The summed E-state index contributed by atoms with van der Waals surface area (Å²) in [6.07, 6.45) is 3.01. The van der Waals surface area contributed by atoms with Crippen molar-refractivity contribution in [2.75, 3.05) is 33.7 Å². The average Bonchev–Trinajstić information content (AvgIpc) is 2.65. The van der Waals surface area contributed by atoms with Crippen LogP contribution >= 0.6 is 0 Å². The van der Waals surface area contributed by atoms with E-state index in [9.17, 15) is 0 Å². The third-order valence-corrected chi connectivity index (χ3v) is 2.83. The molecule has 5 nitrogen and oxygen atoms in total. The van der Waals surface area contributed by atoms with Gasteiger partial charge in [0.15, 0.2) is 0 Å². The van der Waals surface area contributed by atoms with Crippen molar-refractivity contribution in [2.24, 2.45) is 12.8 Å². The van der Waals surface area contributed by atoms with Crippen molar-refractivity contribution in [1.82, 2.24) is 20.0 Å². The van der Waals surface area contributed by atoms with Crippen LogP contribution < -0.4 is 11.1 Å². The van der Waals surface area contributed by atoms with Gasteiger partial charge in [-0.2, -0.15) is 5.10 Å². The summed E-state index contributed by atoms with van der Waals surface area (Å²) < 4.78 is 1.87. The summed E-state index contributed by atoms with van der Waals surface area (Å²) in [5.74, 6) is 0. The minimum absolute atomic E-state index is 0.207. The molecule has 0 saturated carbocycles. The first-order valence-corrected chi connectivity index (χ1v) is 6.19. The van der Waals surface area contributed by atoms with E-state index in [1.165, 1.54) is 5.56 Å². The molecule has 0 aliphatic carbocycles. The van der Waals surface area contributed by atoms with E-state index < -0.39 is 0 Å². The minimum Gasteiger partial charge on any atom is -0.329 e. The number of likely N-dealkylation sites (N-methyl/N-ethyl adjacent to an activating group) is 1. The smallest absolute Gasteiger partial charge is 0.0670 e. The Labute approximate surface area is 104 Å². The fourth-order valence-corrected chi connectivity index (χ4v) is 1.90. The van der Waals surface area contributed by atoms with Crippen molar-refractivity contribution in [3.05, 3.63) is 17.5 Å². The SMILES string of the molecule is CCc1nn(C)cc1C(CN)NCCN(C)C. The van der Waals surface area contributed by atoms with E-state index in [2.05, 4.69) is 42.5 Å². The Kier molecular flexibility index (Phi) is 5.61. The standard InChI is InChI=1S/C12H25N5/c1-5-11-10(9-17(4)15-11)12(8-13)14-6-7-16(2)3/h9,12,14H,5-8,13H2,1-4H3. The van der Waals surface area contributed by atoms with Gasteiger partial charge in [0.2, 0.25) is 0 Å². The molecular weight excluding hydrogens is 214 g/mol. The van der Waals surface area contributed by atoms with E-state index >= 15 is 0 Å². The van der Waals surface area contributed by atoms with Crippen LogP contribution in [0.25, 0.3) is 0 Å². The fourth-order valence-electron chi connectivity index (χ4n) is 1.90. The van der Waals surface area contributed by atoms with Gasteiger partial charge in [-0.05, 0) is 20.5 Å². The minimum atomic E-state index is 0.207. The van der Waals surface area contributed by atoms with E-state index in [1.54, 1.807) is 0 Å². The molecule has 3 N–H and O–H groups in total. The maximum absolute atomic E-state index is 5.84. The van der Waals surface area contributed by atoms with Gasteiger partial charge in [0.1, 0.15) is 0 Å². The molecule has 17 heavy (non-hydrogen) atoms. The number of nitrogens with zero attached hydrogens (tertiary/aromatic N) is 3. The summed E-state index contributed by atoms with van der Waals surface area (Å²) in [7, 11) is 6.09. The van der Waals surface area contributed by atoms with E-state index in [-0.39, 0.29) is 6.04 Å². The van der Waals surface area contributed by atoms with E-state index in [4.69, 9.17) is 5.73 Å². The van der Waals surface area contributed by atoms with Crippen LogP contribution in [0.5, 0.6) is 0 Å². The normalized spacial score (nSPS) is 13.3. The summed E-state index contributed by atoms with van der Waals surface area (Å²) in [6.45, 7) is 4.68. The van der Waals surface area contributed by atoms with Gasteiger partial charge in [0.05, 0.1) is 5.69 Å². The van der Waals surface area contributed by atoms with Gasteiger partial charge in [0, 0.05) is 44.5 Å². The highest BCUT2D eigenvalue weighted by molar-refractivity contribution is 5.21. The lowest BCUT2D eigenvalue weighted by Gasteiger charge is -2.18. The highest BCUT2D eigenvalue weighted by Gasteiger charge is 2.15. The zero-order valence-electron chi connectivity index (χ0n) is 11.4. The predicted octanol–water partition coefficient (Wildman–Crippen LogP) is 0.134. The van der Waals surface area contributed by atoms with Crippen molar-refractivity contribution < 1.29 is 0 Å². The van der Waals surface area contributed by atoms with Crippen molar-refractivity contribution in [3.63, 3.8) is 0 Å². The quantitative estimate of drug-likeness (QED) is 0.710. The molecule has 5 heteroatoms. The van der Waals surface area contributed by atoms with Crippen molar-refractivity contribution in [2.45, 2.75) is 19.4 Å². The molecule has 1 aromatic heterocycles. The molecule has 0 spiro atoms. The Bertz CT molecular complexity index is 332. The zero-order valence-corrected chi connectivity index (χ0v) is 11.4. The van der Waals surface area contributed by atoms with E-state index in [1.807, 2.05) is 11.7 Å². The van der Waals surface area contributed by atoms with Crippen molar-refractivity contribution in [1.29, 1.82) is 0 Å². The third-order valence-electron chi connectivity index (χ3n) is 2.83. The summed E-state index contributed by atoms with van der Waals surface area (Å²) >= 11 is 0. The molecule has 1 heterocycles. The molecule has 1 aromatic rings. The van der Waals surface area contributed by atoms with Crippen LogP contribution in [-0.2, 0) is 13.5 Å². The molecular formula is C12H25N5. The van der Waals surface area contributed by atoms with Gasteiger partial charge >= 0.3 is 0 Å². The Hall–Kier alpha value is -0.910. The van der Waals surface area contributed by atoms with Gasteiger partial charge in [-0.25, -0.2) is 0 Å². The van der Waals surface area contributed by atoms with Crippen molar-refractivity contribution in [3.8, 4) is 0 Å². The molecule has 0 aliphatic heterocycles. The number of aromatic nitrogens is 2. The highest BCUT2D eigenvalue weighted by Crippen LogP contribution is 2.16. The highest BCUT2D eigenvalue weighted by atomic mass is 15.3. The third kappa shape index (κ3) is 4.11. The van der Waals surface area contributed by atoms with Gasteiger partial charge in [-0.1, -0.05) is 6.92 Å². The van der Waals surface area contributed by atoms with Crippen LogP contribution in [0.15, 0.2) is 6.20 Å². The van der Waals surface area contributed by atoms with E-state index in [0.717, 1.165) is 25.2 Å². The van der Waals surface area contributed by atoms with Crippen LogP contribution in [0.1, 0.15) is 24.2 Å². The molecule has 0 aromatic carbocycles. The van der Waals surface area contributed by atoms with Crippen LogP contribution in [0, 0.1) is 0 Å². The largest absolute Gasteiger partial charge is 0.329 e. The van der Waals surface area contributed by atoms with Gasteiger partial charge in [0.25, 0.3) is 0 Å². The zero-order chi connectivity index (χ0) is 12.8. The molecule has 1 unspecified atom stereocenters. The lowest BCUT2D eigenvalue weighted by molar-refractivity contribution is 0.385. The molecule has 98 valence electrons. The number of hydrogen-bond donors (Lipinski definition) is 2. The maximum atomic E-state index is 5.84. The Morgan fingerprint density at radius 1 is 1.53 bits per heavy atom. The topological polar surface area (TPSA) is 59.1 Å². The monoisotopic (exact) mass is 239 g/mol. The van der Waals surface area contributed by atoms with Crippen LogP contribution in [-0.4, -0.2) is 48.4 Å². The molecule has 0 saturated heterocycles. The van der Waals surface area contributed by atoms with Crippen molar-refractivity contribution >= 4 is 0 Å². The summed E-state index contributed by atoms with van der Waals surface area (Å²) in [5, 5.41) is 7.94. The molecule has 1 rings (SSSR count). The average molecular weight is 239 g/mol. The molecule has 0 bridgehead atoms. The van der Waals surface area contributed by atoms with Crippen LogP contribution in [0.2, 0.25) is 0 Å². The molecule has 0 amide bonds. The number of aryl methyl sites for hydroxylation is 2. The molecule has 0 radical (unpaired) electrons. The Balaban J connectivity index is 2.65. The maximum Gasteiger partial charge on any atom is 0.0670 e. The van der Waals surface area contributed by atoms with Crippen LogP contribution in [0.3, 0.4) is 0 Å². The Morgan fingerprint density at radius 3 is 2.76 bits per heavy atom. The molecule has 0 aliphatic rings. The first-order chi connectivity index (χ1) is 8.08. The molecule has 0 fully saturated rings. The van der Waals surface area contributed by atoms with E-state index in [0.29, 0.717) is 6.54 Å². The van der Waals surface area contributed by atoms with Gasteiger partial charge < -0.3 is 16.0 Å². The Morgan fingerprint density at radius 2 is 2.24 bits per heavy atom. The lowest BCUT2D eigenvalue weighted by Crippen LogP contribution is -2.33. The second-order valence-electron chi connectivity index (χ2n) is 4.60. The second-order valence-corrected chi connectivity index (χ2v) is 4.60. The number of nitrogens with one attached hydrogen (secondary N) is 1. The van der Waals surface area contributed by atoms with Gasteiger partial charge in [-0.3, -0.25) is 4.68 Å². The number of hydrogen-bond acceptors (Lipinski definition) is 4. The second kappa shape index (κ2) is 6.74. The number of nitrogens with two attached hydrogens (primary N) is 1. The lowest BCUT2D eigenvalue weighted by atomic mass is 10.1. The summed E-state index contributed by atoms with van der Waals surface area (Å²) in [4.78, 5) is 2.16. The first kappa shape index (κ1) is 14.2. The predicted molar refractivity (Wildman–Crippen MR) is 70.9 cm³/mol. The van der Waals surface area contributed by atoms with Gasteiger partial charge in [-0.15, -0.1) is 0 Å². The van der Waals surface area contributed by atoms with Crippen LogP contribution in [0.4, 0.5) is 0 Å². The number of rotatable bonds is 7. The summed E-state index contributed by atoms with van der Waals surface area (Å²) in [6, 6.07) is 0.207.